The number of carbonyl (C=O) groups excluding carboxylic acids is 3. The van der Waals surface area contributed by atoms with Crippen LogP contribution in [0.1, 0.15) is 46.0 Å². The third-order valence-corrected chi connectivity index (χ3v) is 3.97. The lowest BCUT2D eigenvalue weighted by Crippen LogP contribution is -2.32. The van der Waals surface area contributed by atoms with E-state index in [9.17, 15) is 18.8 Å². The summed E-state index contributed by atoms with van der Waals surface area (Å²) in [7, 11) is 0. The van der Waals surface area contributed by atoms with Gasteiger partial charge in [0.2, 0.25) is 0 Å². The molecule has 1 amide bonds. The SMILES string of the molecule is CCCCc1ccc(C(=O)COC(=O)CNC(=O)c2ccccc2F)cc1. The van der Waals surface area contributed by atoms with Crippen LogP contribution in [-0.2, 0) is 16.0 Å². The van der Waals surface area contributed by atoms with Crippen LogP contribution in [0.2, 0.25) is 0 Å². The molecule has 0 radical (unpaired) electrons. The fourth-order valence-corrected chi connectivity index (χ4v) is 2.41. The van der Waals surface area contributed by atoms with Crippen LogP contribution in [0.4, 0.5) is 4.39 Å². The monoisotopic (exact) mass is 371 g/mol. The molecule has 0 saturated heterocycles. The Hall–Kier alpha value is -3.02. The zero-order valence-corrected chi connectivity index (χ0v) is 15.2. The van der Waals surface area contributed by atoms with Crippen LogP contribution < -0.4 is 5.32 Å². The summed E-state index contributed by atoms with van der Waals surface area (Å²) < 4.78 is 18.4. The van der Waals surface area contributed by atoms with Crippen LogP contribution in [0.5, 0.6) is 0 Å². The third kappa shape index (κ3) is 6.33. The Morgan fingerprint density at radius 3 is 2.41 bits per heavy atom. The topological polar surface area (TPSA) is 72.5 Å². The lowest BCUT2D eigenvalue weighted by molar-refractivity contribution is -0.141. The molecule has 2 aromatic rings. The van der Waals surface area contributed by atoms with Gasteiger partial charge in [-0.15, -0.1) is 0 Å². The Bertz CT molecular complexity index is 802. The van der Waals surface area contributed by atoms with Gasteiger partial charge in [-0.2, -0.15) is 0 Å². The Balaban J connectivity index is 1.77. The summed E-state index contributed by atoms with van der Waals surface area (Å²) in [5.74, 6) is -2.50. The lowest BCUT2D eigenvalue weighted by atomic mass is 10.0. The number of amides is 1. The summed E-state index contributed by atoms with van der Waals surface area (Å²) in [5, 5.41) is 2.27. The molecule has 0 aliphatic carbocycles. The molecular weight excluding hydrogens is 349 g/mol. The normalized spacial score (nSPS) is 10.3. The van der Waals surface area contributed by atoms with Crippen molar-refractivity contribution in [3.63, 3.8) is 0 Å². The van der Waals surface area contributed by atoms with Crippen LogP contribution in [0.25, 0.3) is 0 Å². The molecule has 0 aromatic heterocycles. The number of Topliss-reactive ketones (excluding diaryl/α,β-unsaturated/α-hetero) is 1. The van der Waals surface area contributed by atoms with Gasteiger partial charge in [-0.3, -0.25) is 14.4 Å². The van der Waals surface area contributed by atoms with Gasteiger partial charge in [-0.1, -0.05) is 49.7 Å². The van der Waals surface area contributed by atoms with E-state index in [0.717, 1.165) is 30.9 Å². The average Bonchev–Trinajstić information content (AvgIpc) is 2.69. The molecule has 2 rings (SSSR count). The second-order valence-electron chi connectivity index (χ2n) is 6.05. The molecule has 0 fully saturated rings. The average molecular weight is 371 g/mol. The molecule has 1 N–H and O–H groups in total. The molecular formula is C21H22FNO4. The minimum absolute atomic E-state index is 0.162. The van der Waals surface area contributed by atoms with Gasteiger partial charge < -0.3 is 10.1 Å². The van der Waals surface area contributed by atoms with E-state index in [-0.39, 0.29) is 11.3 Å². The summed E-state index contributed by atoms with van der Waals surface area (Å²) in [6.45, 7) is 1.25. The highest BCUT2D eigenvalue weighted by Gasteiger charge is 2.14. The minimum atomic E-state index is -0.771. The van der Waals surface area contributed by atoms with Crippen LogP contribution >= 0.6 is 0 Å². The number of rotatable bonds is 9. The van der Waals surface area contributed by atoms with E-state index in [1.165, 1.54) is 18.2 Å². The Morgan fingerprint density at radius 1 is 1.04 bits per heavy atom. The Morgan fingerprint density at radius 2 is 1.74 bits per heavy atom. The number of unbranched alkanes of at least 4 members (excludes halogenated alkanes) is 1. The Labute approximate surface area is 157 Å². The van der Waals surface area contributed by atoms with Gasteiger partial charge in [-0.05, 0) is 30.5 Å². The number of hydrogen-bond acceptors (Lipinski definition) is 4. The van der Waals surface area contributed by atoms with E-state index in [4.69, 9.17) is 4.74 Å². The largest absolute Gasteiger partial charge is 0.456 e. The van der Waals surface area contributed by atoms with Crippen molar-refractivity contribution in [2.75, 3.05) is 13.2 Å². The van der Waals surface area contributed by atoms with E-state index in [1.54, 1.807) is 12.1 Å². The van der Waals surface area contributed by atoms with Crippen LogP contribution in [0, 0.1) is 5.82 Å². The molecule has 5 nitrogen and oxygen atoms in total. The minimum Gasteiger partial charge on any atom is -0.456 e. The smallest absolute Gasteiger partial charge is 0.325 e. The van der Waals surface area contributed by atoms with E-state index < -0.39 is 30.8 Å². The van der Waals surface area contributed by atoms with Crippen molar-refractivity contribution < 1.29 is 23.5 Å². The summed E-state index contributed by atoms with van der Waals surface area (Å²) in [4.78, 5) is 35.6. The van der Waals surface area contributed by atoms with Crippen molar-refractivity contribution in [2.45, 2.75) is 26.2 Å². The molecule has 27 heavy (non-hydrogen) atoms. The number of benzene rings is 2. The number of hydrogen-bond donors (Lipinski definition) is 1. The molecule has 0 atom stereocenters. The predicted molar refractivity (Wildman–Crippen MR) is 99.1 cm³/mol. The van der Waals surface area contributed by atoms with E-state index >= 15 is 0 Å². The van der Waals surface area contributed by atoms with Crippen molar-refractivity contribution >= 4 is 17.7 Å². The number of halogens is 1. The number of aryl methyl sites for hydroxylation is 1. The van der Waals surface area contributed by atoms with Crippen molar-refractivity contribution in [1.82, 2.24) is 5.32 Å². The molecule has 0 aliphatic rings. The van der Waals surface area contributed by atoms with Crippen LogP contribution in [0.15, 0.2) is 48.5 Å². The quantitative estimate of drug-likeness (QED) is 0.542. The number of ether oxygens (including phenoxy) is 1. The molecule has 0 bridgehead atoms. The van der Waals surface area contributed by atoms with Crippen molar-refractivity contribution in [3.05, 3.63) is 71.0 Å². The van der Waals surface area contributed by atoms with Crippen molar-refractivity contribution in [3.8, 4) is 0 Å². The highest BCUT2D eigenvalue weighted by Crippen LogP contribution is 2.09. The zero-order chi connectivity index (χ0) is 19.6. The lowest BCUT2D eigenvalue weighted by Gasteiger charge is -2.07. The first-order valence-corrected chi connectivity index (χ1v) is 8.81. The maximum absolute atomic E-state index is 13.5. The summed E-state index contributed by atoms with van der Waals surface area (Å²) >= 11 is 0. The first-order valence-electron chi connectivity index (χ1n) is 8.81. The standard InChI is InChI=1S/C21H22FNO4/c1-2-3-6-15-9-11-16(12-10-15)19(24)14-27-20(25)13-23-21(26)17-7-4-5-8-18(17)22/h4-5,7-12H,2-3,6,13-14H2,1H3,(H,23,26). The van der Waals surface area contributed by atoms with E-state index in [2.05, 4.69) is 12.2 Å². The van der Waals surface area contributed by atoms with Crippen LogP contribution in [0.3, 0.4) is 0 Å². The van der Waals surface area contributed by atoms with Gasteiger partial charge in [-0.25, -0.2) is 4.39 Å². The predicted octanol–water partition coefficient (Wildman–Crippen LogP) is 3.32. The van der Waals surface area contributed by atoms with Crippen molar-refractivity contribution in [1.29, 1.82) is 0 Å². The number of carbonyl (C=O) groups is 3. The van der Waals surface area contributed by atoms with Crippen LogP contribution in [-0.4, -0.2) is 30.8 Å². The Kier molecular flexibility index (Phi) is 7.67. The summed E-state index contributed by atoms with van der Waals surface area (Å²) in [6.07, 6.45) is 3.15. The second kappa shape index (κ2) is 10.2. The van der Waals surface area contributed by atoms with Crippen molar-refractivity contribution in [2.24, 2.45) is 0 Å². The fourth-order valence-electron chi connectivity index (χ4n) is 2.41. The fraction of sp³-hybridized carbons (Fsp3) is 0.286. The molecule has 6 heteroatoms. The maximum Gasteiger partial charge on any atom is 0.325 e. The molecule has 0 aliphatic heterocycles. The van der Waals surface area contributed by atoms with E-state index in [1.807, 2.05) is 12.1 Å². The van der Waals surface area contributed by atoms with Gasteiger partial charge in [0.15, 0.2) is 12.4 Å². The van der Waals surface area contributed by atoms with Gasteiger partial charge in [0, 0.05) is 5.56 Å². The van der Waals surface area contributed by atoms with Gasteiger partial charge in [0.25, 0.3) is 5.91 Å². The molecule has 0 unspecified atom stereocenters. The number of nitrogens with one attached hydrogen (secondary N) is 1. The molecule has 142 valence electrons. The first-order chi connectivity index (χ1) is 13.0. The summed E-state index contributed by atoms with van der Waals surface area (Å²) in [5.41, 5.74) is 1.45. The first kappa shape index (κ1) is 20.3. The maximum atomic E-state index is 13.5. The third-order valence-electron chi connectivity index (χ3n) is 3.97. The van der Waals surface area contributed by atoms with Gasteiger partial charge in [0.05, 0.1) is 5.56 Å². The second-order valence-corrected chi connectivity index (χ2v) is 6.05. The van der Waals surface area contributed by atoms with E-state index in [0.29, 0.717) is 5.56 Å². The van der Waals surface area contributed by atoms with Gasteiger partial charge in [0.1, 0.15) is 12.4 Å². The van der Waals surface area contributed by atoms with Gasteiger partial charge >= 0.3 is 5.97 Å². The molecule has 0 heterocycles. The molecule has 0 spiro atoms. The zero-order valence-electron chi connectivity index (χ0n) is 15.2. The highest BCUT2D eigenvalue weighted by molar-refractivity contribution is 5.98. The molecule has 2 aromatic carbocycles. The molecule has 0 saturated carbocycles. The summed E-state index contributed by atoms with van der Waals surface area (Å²) in [6, 6.07) is 12.6. The number of ketones is 1. The number of esters is 1. The highest BCUT2D eigenvalue weighted by atomic mass is 19.1.